The molecule has 1 aromatic carbocycles. The van der Waals surface area contributed by atoms with Crippen LogP contribution >= 0.6 is 0 Å². The monoisotopic (exact) mass is 375 g/mol. The van der Waals surface area contributed by atoms with Crippen LogP contribution in [0.25, 0.3) is 0 Å². The average molecular weight is 376 g/mol. The first kappa shape index (κ1) is 21.2. The van der Waals surface area contributed by atoms with Gasteiger partial charge < -0.3 is 15.3 Å². The third-order valence-corrected chi connectivity index (χ3v) is 5.27. The molecule has 2 rings (SSSR count). The quantitative estimate of drug-likeness (QED) is 0.802. The minimum atomic E-state index is -0.984. The van der Waals surface area contributed by atoms with Gasteiger partial charge in [-0.2, -0.15) is 0 Å². The highest BCUT2D eigenvalue weighted by Crippen LogP contribution is 2.24. The van der Waals surface area contributed by atoms with Crippen molar-refractivity contribution < 1.29 is 14.7 Å². The summed E-state index contributed by atoms with van der Waals surface area (Å²) >= 11 is 0. The standard InChI is InChI=1S/C21H33N3O3/c1-21(2,3)18(22-20(26)27)12-15-6-8-16(9-7-15)13-24-11-10-17(14-24)19(25)23(4)5/h6-9,17-18,22H,10-14H2,1-5H3,(H,26,27). The number of rotatable bonds is 6. The minimum absolute atomic E-state index is 0.105. The van der Waals surface area contributed by atoms with Crippen molar-refractivity contribution in [3.8, 4) is 0 Å². The third-order valence-electron chi connectivity index (χ3n) is 5.27. The molecular weight excluding hydrogens is 342 g/mol. The maximum atomic E-state index is 12.1. The van der Waals surface area contributed by atoms with Crippen molar-refractivity contribution in [1.29, 1.82) is 0 Å². The van der Waals surface area contributed by atoms with E-state index in [0.29, 0.717) is 6.42 Å². The molecule has 1 aromatic rings. The molecule has 0 aromatic heterocycles. The maximum absolute atomic E-state index is 12.1. The SMILES string of the molecule is CN(C)C(=O)C1CCN(Cc2ccc(CC(NC(=O)O)C(C)(C)C)cc2)C1. The topological polar surface area (TPSA) is 72.9 Å². The van der Waals surface area contributed by atoms with E-state index < -0.39 is 6.09 Å². The molecule has 6 nitrogen and oxygen atoms in total. The Morgan fingerprint density at radius 2 is 1.81 bits per heavy atom. The van der Waals surface area contributed by atoms with Gasteiger partial charge in [0.25, 0.3) is 0 Å². The second-order valence-corrected chi connectivity index (χ2v) is 8.84. The maximum Gasteiger partial charge on any atom is 0.404 e. The molecule has 1 fully saturated rings. The molecule has 0 saturated carbocycles. The minimum Gasteiger partial charge on any atom is -0.465 e. The summed E-state index contributed by atoms with van der Waals surface area (Å²) in [5.74, 6) is 0.320. The van der Waals surface area contributed by atoms with Crippen LogP contribution in [0.2, 0.25) is 0 Å². The zero-order chi connectivity index (χ0) is 20.2. The molecule has 1 aliphatic rings. The van der Waals surface area contributed by atoms with Gasteiger partial charge in [0.2, 0.25) is 5.91 Å². The summed E-state index contributed by atoms with van der Waals surface area (Å²) in [5.41, 5.74) is 2.19. The molecule has 2 unspecified atom stereocenters. The van der Waals surface area contributed by atoms with Gasteiger partial charge in [-0.05, 0) is 35.9 Å². The Kier molecular flexibility index (Phi) is 6.87. The molecule has 27 heavy (non-hydrogen) atoms. The van der Waals surface area contributed by atoms with E-state index in [0.717, 1.165) is 31.6 Å². The van der Waals surface area contributed by atoms with E-state index in [1.54, 1.807) is 4.90 Å². The summed E-state index contributed by atoms with van der Waals surface area (Å²) in [6.07, 6.45) is 0.602. The van der Waals surface area contributed by atoms with E-state index in [1.165, 1.54) is 5.56 Å². The van der Waals surface area contributed by atoms with Crippen LogP contribution in [0.3, 0.4) is 0 Å². The molecule has 2 atom stereocenters. The highest BCUT2D eigenvalue weighted by Gasteiger charge is 2.29. The molecule has 0 spiro atoms. The lowest BCUT2D eigenvalue weighted by Crippen LogP contribution is -2.44. The molecule has 2 amide bonds. The first-order chi connectivity index (χ1) is 12.6. The molecule has 0 aliphatic carbocycles. The van der Waals surface area contributed by atoms with Gasteiger partial charge in [0.15, 0.2) is 0 Å². The fraction of sp³-hybridized carbons (Fsp3) is 0.619. The predicted octanol–water partition coefficient (Wildman–Crippen LogP) is 2.82. The second kappa shape index (κ2) is 8.74. The number of carboxylic acid groups (broad SMARTS) is 1. The van der Waals surface area contributed by atoms with Gasteiger partial charge in [-0.15, -0.1) is 0 Å². The Hall–Kier alpha value is -2.08. The number of amides is 2. The molecule has 1 aliphatic heterocycles. The van der Waals surface area contributed by atoms with Gasteiger partial charge >= 0.3 is 6.09 Å². The molecule has 6 heteroatoms. The summed E-state index contributed by atoms with van der Waals surface area (Å²) in [6, 6.07) is 8.23. The van der Waals surface area contributed by atoms with Crippen LogP contribution in [0.4, 0.5) is 4.79 Å². The zero-order valence-corrected chi connectivity index (χ0v) is 17.2. The largest absolute Gasteiger partial charge is 0.465 e. The van der Waals surface area contributed by atoms with Crippen LogP contribution in [0, 0.1) is 11.3 Å². The lowest BCUT2D eigenvalue weighted by Gasteiger charge is -2.30. The Morgan fingerprint density at radius 1 is 1.22 bits per heavy atom. The van der Waals surface area contributed by atoms with Crippen LogP contribution in [-0.4, -0.2) is 60.1 Å². The van der Waals surface area contributed by atoms with Gasteiger partial charge in [0, 0.05) is 33.2 Å². The zero-order valence-electron chi connectivity index (χ0n) is 17.2. The number of carbonyl (C=O) groups is 2. The number of carbonyl (C=O) groups excluding carboxylic acids is 1. The van der Waals surface area contributed by atoms with E-state index >= 15 is 0 Å². The lowest BCUT2D eigenvalue weighted by atomic mass is 9.83. The van der Waals surface area contributed by atoms with Crippen molar-refractivity contribution in [2.45, 2.75) is 46.2 Å². The normalized spacial score (nSPS) is 18.9. The van der Waals surface area contributed by atoms with Crippen molar-refractivity contribution >= 4 is 12.0 Å². The van der Waals surface area contributed by atoms with Crippen molar-refractivity contribution in [3.63, 3.8) is 0 Å². The summed E-state index contributed by atoms with van der Waals surface area (Å²) in [4.78, 5) is 27.2. The van der Waals surface area contributed by atoms with Crippen LogP contribution in [0.1, 0.15) is 38.3 Å². The third kappa shape index (κ3) is 6.24. The lowest BCUT2D eigenvalue weighted by molar-refractivity contribution is -0.132. The van der Waals surface area contributed by atoms with Crippen LogP contribution in [-0.2, 0) is 17.8 Å². The van der Waals surface area contributed by atoms with E-state index in [4.69, 9.17) is 5.11 Å². The molecule has 0 radical (unpaired) electrons. The van der Waals surface area contributed by atoms with E-state index in [9.17, 15) is 9.59 Å². The summed E-state index contributed by atoms with van der Waals surface area (Å²) in [7, 11) is 3.63. The highest BCUT2D eigenvalue weighted by molar-refractivity contribution is 5.78. The molecule has 0 bridgehead atoms. The Bertz CT molecular complexity index is 650. The fourth-order valence-corrected chi connectivity index (χ4v) is 3.54. The number of nitrogens with one attached hydrogen (secondary N) is 1. The van der Waals surface area contributed by atoms with Gasteiger partial charge in [-0.3, -0.25) is 9.69 Å². The first-order valence-corrected chi connectivity index (χ1v) is 9.57. The molecular formula is C21H33N3O3. The summed E-state index contributed by atoms with van der Waals surface area (Å²) in [6.45, 7) is 8.73. The smallest absolute Gasteiger partial charge is 0.404 e. The number of benzene rings is 1. The first-order valence-electron chi connectivity index (χ1n) is 9.57. The second-order valence-electron chi connectivity index (χ2n) is 8.84. The van der Waals surface area contributed by atoms with E-state index in [1.807, 2.05) is 34.9 Å². The van der Waals surface area contributed by atoms with Gasteiger partial charge in [0.05, 0.1) is 5.92 Å². The highest BCUT2D eigenvalue weighted by atomic mass is 16.4. The Morgan fingerprint density at radius 3 is 2.33 bits per heavy atom. The van der Waals surface area contributed by atoms with Crippen LogP contribution in [0.5, 0.6) is 0 Å². The number of nitrogens with zero attached hydrogens (tertiary/aromatic N) is 2. The van der Waals surface area contributed by atoms with Crippen molar-refractivity contribution in [2.75, 3.05) is 27.2 Å². The number of hydrogen-bond acceptors (Lipinski definition) is 3. The fourth-order valence-electron chi connectivity index (χ4n) is 3.54. The average Bonchev–Trinajstić information content (AvgIpc) is 3.02. The van der Waals surface area contributed by atoms with E-state index in [2.05, 4.69) is 34.5 Å². The Labute approximate surface area is 162 Å². The Balaban J connectivity index is 1.93. The summed E-state index contributed by atoms with van der Waals surface area (Å²) < 4.78 is 0. The van der Waals surface area contributed by atoms with Gasteiger partial charge in [-0.25, -0.2) is 4.79 Å². The molecule has 2 N–H and O–H groups in total. The number of likely N-dealkylation sites (tertiary alicyclic amines) is 1. The van der Waals surface area contributed by atoms with Crippen LogP contribution in [0.15, 0.2) is 24.3 Å². The predicted molar refractivity (Wildman–Crippen MR) is 107 cm³/mol. The summed E-state index contributed by atoms with van der Waals surface area (Å²) in [5, 5.41) is 11.7. The molecule has 1 saturated heterocycles. The number of hydrogen-bond donors (Lipinski definition) is 2. The van der Waals surface area contributed by atoms with Crippen molar-refractivity contribution in [2.24, 2.45) is 11.3 Å². The van der Waals surface area contributed by atoms with Gasteiger partial charge in [0.1, 0.15) is 0 Å². The van der Waals surface area contributed by atoms with E-state index in [-0.39, 0.29) is 23.3 Å². The van der Waals surface area contributed by atoms with Gasteiger partial charge in [-0.1, -0.05) is 45.0 Å². The van der Waals surface area contributed by atoms with Crippen molar-refractivity contribution in [1.82, 2.24) is 15.1 Å². The van der Waals surface area contributed by atoms with Crippen LogP contribution < -0.4 is 5.32 Å². The van der Waals surface area contributed by atoms with Crippen molar-refractivity contribution in [3.05, 3.63) is 35.4 Å². The molecule has 150 valence electrons. The molecule has 1 heterocycles.